The van der Waals surface area contributed by atoms with E-state index in [0.717, 1.165) is 50.7 Å². The summed E-state index contributed by atoms with van der Waals surface area (Å²) in [5.74, 6) is 0.430. The standard InChI is InChI=1S/C20H23N5O/c1-2-4-17(5-3-1)20-18(11-23-24-20)13-25-8-9-26-14-16(12-25)10-19-6-7-21-15-22-19/h1-7,11,15-16H,8-10,12-14H2,(H,23,24). The smallest absolute Gasteiger partial charge is 0.115 e. The summed E-state index contributed by atoms with van der Waals surface area (Å²) in [4.78, 5) is 10.8. The highest BCUT2D eigenvalue weighted by Crippen LogP contribution is 2.23. The number of nitrogens with zero attached hydrogens (tertiary/aromatic N) is 4. The highest BCUT2D eigenvalue weighted by atomic mass is 16.5. The molecule has 3 aromatic rings. The van der Waals surface area contributed by atoms with Crippen LogP contribution in [0, 0.1) is 5.92 Å². The minimum atomic E-state index is 0.430. The fourth-order valence-corrected chi connectivity index (χ4v) is 3.48. The first-order valence-corrected chi connectivity index (χ1v) is 9.01. The average molecular weight is 349 g/mol. The molecule has 0 saturated carbocycles. The van der Waals surface area contributed by atoms with Crippen molar-refractivity contribution in [3.05, 3.63) is 66.4 Å². The van der Waals surface area contributed by atoms with Gasteiger partial charge < -0.3 is 4.74 Å². The molecule has 134 valence electrons. The van der Waals surface area contributed by atoms with E-state index in [4.69, 9.17) is 4.74 Å². The first-order valence-electron chi connectivity index (χ1n) is 9.01. The van der Waals surface area contributed by atoms with Gasteiger partial charge in [-0.25, -0.2) is 9.97 Å². The summed E-state index contributed by atoms with van der Waals surface area (Å²) in [6, 6.07) is 12.3. The average Bonchev–Trinajstić information content (AvgIpc) is 3.03. The van der Waals surface area contributed by atoms with Crippen molar-refractivity contribution in [1.29, 1.82) is 0 Å². The maximum atomic E-state index is 5.84. The Morgan fingerprint density at radius 3 is 2.96 bits per heavy atom. The van der Waals surface area contributed by atoms with Gasteiger partial charge in [-0.05, 0) is 18.1 Å². The summed E-state index contributed by atoms with van der Waals surface area (Å²) in [7, 11) is 0. The topological polar surface area (TPSA) is 66.9 Å². The van der Waals surface area contributed by atoms with E-state index in [-0.39, 0.29) is 0 Å². The van der Waals surface area contributed by atoms with Gasteiger partial charge in [0.1, 0.15) is 6.33 Å². The van der Waals surface area contributed by atoms with Crippen LogP contribution in [-0.4, -0.2) is 51.4 Å². The molecular formula is C20H23N5O. The minimum absolute atomic E-state index is 0.430. The monoisotopic (exact) mass is 349 g/mol. The maximum Gasteiger partial charge on any atom is 0.115 e. The Bertz CT molecular complexity index is 805. The van der Waals surface area contributed by atoms with E-state index in [9.17, 15) is 0 Å². The van der Waals surface area contributed by atoms with E-state index in [1.807, 2.05) is 18.3 Å². The molecule has 1 unspecified atom stereocenters. The fourth-order valence-electron chi connectivity index (χ4n) is 3.48. The fraction of sp³-hybridized carbons (Fsp3) is 0.350. The molecule has 1 atom stereocenters. The SMILES string of the molecule is c1ccc(-c2[nH]ncc2CN2CCOCC(Cc3ccncn3)C2)cc1. The number of rotatable bonds is 5. The molecule has 4 rings (SSSR count). The lowest BCUT2D eigenvalue weighted by Gasteiger charge is -2.23. The predicted molar refractivity (Wildman–Crippen MR) is 99.3 cm³/mol. The number of H-pyrrole nitrogens is 1. The van der Waals surface area contributed by atoms with Crippen LogP contribution < -0.4 is 0 Å². The van der Waals surface area contributed by atoms with Gasteiger partial charge in [0.15, 0.2) is 0 Å². The number of aromatic amines is 1. The third-order valence-electron chi connectivity index (χ3n) is 4.74. The van der Waals surface area contributed by atoms with Gasteiger partial charge in [-0.2, -0.15) is 5.10 Å². The summed E-state index contributed by atoms with van der Waals surface area (Å²) in [5.41, 5.74) is 4.56. The van der Waals surface area contributed by atoms with Crippen LogP contribution in [0.1, 0.15) is 11.3 Å². The van der Waals surface area contributed by atoms with Gasteiger partial charge in [-0.3, -0.25) is 10.00 Å². The van der Waals surface area contributed by atoms with Gasteiger partial charge in [-0.15, -0.1) is 0 Å². The number of nitrogens with one attached hydrogen (secondary N) is 1. The molecule has 0 bridgehead atoms. The van der Waals surface area contributed by atoms with Crippen LogP contribution in [0.5, 0.6) is 0 Å². The van der Waals surface area contributed by atoms with Gasteiger partial charge in [0.25, 0.3) is 0 Å². The van der Waals surface area contributed by atoms with E-state index in [0.29, 0.717) is 5.92 Å². The quantitative estimate of drug-likeness (QED) is 0.767. The highest BCUT2D eigenvalue weighted by Gasteiger charge is 2.21. The van der Waals surface area contributed by atoms with E-state index < -0.39 is 0 Å². The van der Waals surface area contributed by atoms with Crippen molar-refractivity contribution in [1.82, 2.24) is 25.1 Å². The van der Waals surface area contributed by atoms with Crippen LogP contribution in [0.4, 0.5) is 0 Å². The Morgan fingerprint density at radius 2 is 2.12 bits per heavy atom. The molecule has 1 aromatic carbocycles. The third kappa shape index (κ3) is 4.15. The van der Waals surface area contributed by atoms with Crippen molar-refractivity contribution in [3.63, 3.8) is 0 Å². The number of ether oxygens (including phenoxy) is 1. The Labute approximate surface area is 153 Å². The van der Waals surface area contributed by atoms with E-state index in [2.05, 4.69) is 49.3 Å². The summed E-state index contributed by atoms with van der Waals surface area (Å²) in [6.07, 6.45) is 6.26. The molecule has 0 spiro atoms. The Kier molecular flexibility index (Phi) is 5.33. The largest absolute Gasteiger partial charge is 0.380 e. The summed E-state index contributed by atoms with van der Waals surface area (Å²) >= 11 is 0. The second-order valence-electron chi connectivity index (χ2n) is 6.72. The molecule has 0 radical (unpaired) electrons. The molecule has 0 aliphatic carbocycles. The molecule has 6 nitrogen and oxygen atoms in total. The van der Waals surface area contributed by atoms with Crippen molar-refractivity contribution in [2.24, 2.45) is 5.92 Å². The van der Waals surface area contributed by atoms with Crippen molar-refractivity contribution in [2.75, 3.05) is 26.3 Å². The molecule has 2 aromatic heterocycles. The van der Waals surface area contributed by atoms with E-state index in [1.54, 1.807) is 12.5 Å². The van der Waals surface area contributed by atoms with Crippen molar-refractivity contribution in [2.45, 2.75) is 13.0 Å². The summed E-state index contributed by atoms with van der Waals surface area (Å²) < 4.78 is 5.84. The van der Waals surface area contributed by atoms with Crippen LogP contribution in [-0.2, 0) is 17.7 Å². The zero-order valence-corrected chi connectivity index (χ0v) is 14.7. The zero-order valence-electron chi connectivity index (χ0n) is 14.7. The molecule has 0 amide bonds. The molecular weight excluding hydrogens is 326 g/mol. The molecule has 1 fully saturated rings. The number of hydrogen-bond donors (Lipinski definition) is 1. The predicted octanol–water partition coefficient (Wildman–Crippen LogP) is 2.56. The Balaban J connectivity index is 1.45. The first-order chi connectivity index (χ1) is 12.9. The maximum absolute atomic E-state index is 5.84. The van der Waals surface area contributed by atoms with E-state index >= 15 is 0 Å². The van der Waals surface area contributed by atoms with Gasteiger partial charge >= 0.3 is 0 Å². The highest BCUT2D eigenvalue weighted by molar-refractivity contribution is 5.62. The summed E-state index contributed by atoms with van der Waals surface area (Å²) in [5, 5.41) is 7.43. The first kappa shape index (κ1) is 16.9. The molecule has 6 heteroatoms. The molecule has 3 heterocycles. The second-order valence-corrected chi connectivity index (χ2v) is 6.72. The van der Waals surface area contributed by atoms with Crippen LogP contribution in [0.15, 0.2) is 55.1 Å². The van der Waals surface area contributed by atoms with Crippen molar-refractivity contribution >= 4 is 0 Å². The number of hydrogen-bond acceptors (Lipinski definition) is 5. The van der Waals surface area contributed by atoms with Crippen molar-refractivity contribution < 1.29 is 4.74 Å². The molecule has 26 heavy (non-hydrogen) atoms. The molecule has 1 aliphatic heterocycles. The Hall–Kier alpha value is -2.57. The van der Waals surface area contributed by atoms with E-state index in [1.165, 1.54) is 11.1 Å². The van der Waals surface area contributed by atoms with Crippen LogP contribution in [0.25, 0.3) is 11.3 Å². The van der Waals surface area contributed by atoms with Crippen LogP contribution in [0.3, 0.4) is 0 Å². The summed E-state index contributed by atoms with van der Waals surface area (Å²) in [6.45, 7) is 4.32. The van der Waals surface area contributed by atoms with Crippen molar-refractivity contribution in [3.8, 4) is 11.3 Å². The van der Waals surface area contributed by atoms with Gasteiger partial charge in [0.2, 0.25) is 0 Å². The lowest BCUT2D eigenvalue weighted by molar-refractivity contribution is 0.121. The third-order valence-corrected chi connectivity index (χ3v) is 4.74. The van der Waals surface area contributed by atoms with Gasteiger partial charge in [0.05, 0.1) is 25.1 Å². The normalized spacial score (nSPS) is 18.5. The van der Waals surface area contributed by atoms with Crippen LogP contribution >= 0.6 is 0 Å². The lowest BCUT2D eigenvalue weighted by Crippen LogP contribution is -2.30. The zero-order chi connectivity index (χ0) is 17.6. The van der Waals surface area contributed by atoms with Gasteiger partial charge in [-0.1, -0.05) is 30.3 Å². The molecule has 1 N–H and O–H groups in total. The molecule has 1 aliphatic rings. The lowest BCUT2D eigenvalue weighted by atomic mass is 10.0. The number of benzene rings is 1. The molecule has 1 saturated heterocycles. The minimum Gasteiger partial charge on any atom is -0.380 e. The van der Waals surface area contributed by atoms with Crippen LogP contribution in [0.2, 0.25) is 0 Å². The Morgan fingerprint density at radius 1 is 1.19 bits per heavy atom. The van der Waals surface area contributed by atoms with Gasteiger partial charge in [0, 0.05) is 43.0 Å². The second kappa shape index (κ2) is 8.21. The number of aromatic nitrogens is 4.